The van der Waals surface area contributed by atoms with Gasteiger partial charge >= 0.3 is 11.9 Å². The first kappa shape index (κ1) is 15.4. The van der Waals surface area contributed by atoms with Crippen molar-refractivity contribution in [3.05, 3.63) is 23.9 Å². The van der Waals surface area contributed by atoms with Crippen LogP contribution >= 0.6 is 0 Å². The number of pyridine rings is 1. The minimum Gasteiger partial charge on any atom is -0.481 e. The number of amides is 1. The van der Waals surface area contributed by atoms with Gasteiger partial charge in [-0.05, 0) is 12.1 Å². The van der Waals surface area contributed by atoms with E-state index in [1.807, 2.05) is 0 Å². The third-order valence-corrected chi connectivity index (χ3v) is 2.45. The minimum absolute atomic E-state index is 0.209. The number of anilines is 1. The van der Waals surface area contributed by atoms with Crippen molar-refractivity contribution in [1.82, 2.24) is 10.3 Å². The second kappa shape index (κ2) is 6.50. The van der Waals surface area contributed by atoms with Gasteiger partial charge in [-0.25, -0.2) is 9.78 Å². The molecule has 0 bridgehead atoms. The number of nitrogens with zero attached hydrogens (tertiary/aromatic N) is 2. The van der Waals surface area contributed by atoms with Gasteiger partial charge in [-0.1, -0.05) is 0 Å². The molecule has 0 unspecified atom stereocenters. The summed E-state index contributed by atoms with van der Waals surface area (Å²) in [6.07, 6.45) is 0.726. The largest absolute Gasteiger partial charge is 0.481 e. The third kappa shape index (κ3) is 4.23. The van der Waals surface area contributed by atoms with Gasteiger partial charge in [-0.2, -0.15) is 0 Å². The van der Waals surface area contributed by atoms with E-state index in [-0.39, 0.29) is 5.56 Å². The summed E-state index contributed by atoms with van der Waals surface area (Å²) in [4.78, 5) is 39.0. The van der Waals surface area contributed by atoms with Crippen LogP contribution in [0.2, 0.25) is 0 Å². The average molecular weight is 281 g/mol. The molecular formula is C12H15N3O5. The molecule has 0 aromatic carbocycles. The number of aromatic nitrogens is 1. The van der Waals surface area contributed by atoms with Gasteiger partial charge in [0.1, 0.15) is 11.9 Å². The fourth-order valence-corrected chi connectivity index (χ4v) is 1.42. The second-order valence-corrected chi connectivity index (χ2v) is 4.26. The number of carboxylic acids is 2. The Morgan fingerprint density at radius 3 is 2.50 bits per heavy atom. The molecule has 8 heteroatoms. The van der Waals surface area contributed by atoms with Crippen LogP contribution in [-0.4, -0.2) is 53.2 Å². The predicted octanol–water partition coefficient (Wildman–Crippen LogP) is -0.195. The molecule has 1 atom stereocenters. The van der Waals surface area contributed by atoms with Crippen LogP contribution in [0.5, 0.6) is 0 Å². The van der Waals surface area contributed by atoms with E-state index >= 15 is 0 Å². The van der Waals surface area contributed by atoms with Crippen molar-refractivity contribution in [2.45, 2.75) is 12.5 Å². The molecule has 0 aliphatic rings. The van der Waals surface area contributed by atoms with Gasteiger partial charge in [0.25, 0.3) is 5.91 Å². The number of carboxylic acid groups (broad SMARTS) is 2. The van der Waals surface area contributed by atoms with Gasteiger partial charge < -0.3 is 20.4 Å². The van der Waals surface area contributed by atoms with Crippen molar-refractivity contribution in [2.24, 2.45) is 0 Å². The van der Waals surface area contributed by atoms with E-state index in [1.54, 1.807) is 19.0 Å². The van der Waals surface area contributed by atoms with E-state index in [1.165, 1.54) is 18.3 Å². The zero-order chi connectivity index (χ0) is 15.3. The van der Waals surface area contributed by atoms with Crippen molar-refractivity contribution >= 4 is 23.7 Å². The lowest BCUT2D eigenvalue weighted by molar-refractivity contribution is -0.145. The lowest BCUT2D eigenvalue weighted by Gasteiger charge is -2.14. The van der Waals surface area contributed by atoms with Crippen LogP contribution in [0.4, 0.5) is 5.82 Å². The summed E-state index contributed by atoms with van der Waals surface area (Å²) in [6.45, 7) is 0. The number of nitrogens with one attached hydrogen (secondary N) is 1. The molecule has 0 spiro atoms. The third-order valence-electron chi connectivity index (χ3n) is 2.45. The first-order valence-corrected chi connectivity index (χ1v) is 5.70. The number of rotatable bonds is 6. The molecule has 8 nitrogen and oxygen atoms in total. The number of hydrogen-bond donors (Lipinski definition) is 3. The molecule has 1 aromatic heterocycles. The molecule has 108 valence electrons. The van der Waals surface area contributed by atoms with E-state index in [0.29, 0.717) is 5.82 Å². The molecule has 1 heterocycles. The highest BCUT2D eigenvalue weighted by Crippen LogP contribution is 2.10. The lowest BCUT2D eigenvalue weighted by Crippen LogP contribution is -2.42. The fraction of sp³-hybridized carbons (Fsp3) is 0.333. The average Bonchev–Trinajstić information content (AvgIpc) is 2.37. The summed E-state index contributed by atoms with van der Waals surface area (Å²) in [7, 11) is 3.49. The SMILES string of the molecule is CN(C)c1cc(C(=O)N[C@@H](CC(=O)O)C(=O)O)ccn1. The summed E-state index contributed by atoms with van der Waals surface area (Å²) in [5.74, 6) is -2.84. The molecule has 0 fully saturated rings. The molecular weight excluding hydrogens is 266 g/mol. The second-order valence-electron chi connectivity index (χ2n) is 4.26. The molecule has 1 rings (SSSR count). The van der Waals surface area contributed by atoms with Gasteiger partial charge in [0, 0.05) is 25.9 Å². The maximum Gasteiger partial charge on any atom is 0.326 e. The monoisotopic (exact) mass is 281 g/mol. The Morgan fingerprint density at radius 1 is 1.35 bits per heavy atom. The van der Waals surface area contributed by atoms with E-state index in [4.69, 9.17) is 10.2 Å². The zero-order valence-corrected chi connectivity index (χ0v) is 11.0. The summed E-state index contributed by atoms with van der Waals surface area (Å²) < 4.78 is 0. The topological polar surface area (TPSA) is 120 Å². The minimum atomic E-state index is -1.48. The van der Waals surface area contributed by atoms with E-state index in [0.717, 1.165) is 0 Å². The molecule has 0 aliphatic heterocycles. The Morgan fingerprint density at radius 2 is 2.00 bits per heavy atom. The van der Waals surface area contributed by atoms with Crippen molar-refractivity contribution in [2.75, 3.05) is 19.0 Å². The Hall–Kier alpha value is -2.64. The van der Waals surface area contributed by atoms with E-state index in [2.05, 4.69) is 10.3 Å². The first-order valence-electron chi connectivity index (χ1n) is 5.70. The van der Waals surface area contributed by atoms with Crippen LogP contribution in [0.3, 0.4) is 0 Å². The van der Waals surface area contributed by atoms with Gasteiger partial charge in [-0.15, -0.1) is 0 Å². The lowest BCUT2D eigenvalue weighted by atomic mass is 10.1. The highest BCUT2D eigenvalue weighted by molar-refractivity contribution is 5.97. The molecule has 0 saturated heterocycles. The quantitative estimate of drug-likeness (QED) is 0.660. The normalized spacial score (nSPS) is 11.5. The highest BCUT2D eigenvalue weighted by atomic mass is 16.4. The molecule has 3 N–H and O–H groups in total. The maximum absolute atomic E-state index is 11.9. The number of carbonyl (C=O) groups is 3. The van der Waals surface area contributed by atoms with Crippen LogP contribution in [-0.2, 0) is 9.59 Å². The molecule has 0 aliphatic carbocycles. The molecule has 1 amide bonds. The van der Waals surface area contributed by atoms with Gasteiger partial charge in [0.2, 0.25) is 0 Å². The summed E-state index contributed by atoms with van der Waals surface area (Å²) in [5.41, 5.74) is 0.209. The van der Waals surface area contributed by atoms with Gasteiger partial charge in [0.05, 0.1) is 6.42 Å². The molecule has 1 aromatic rings. The summed E-state index contributed by atoms with van der Waals surface area (Å²) >= 11 is 0. The summed E-state index contributed by atoms with van der Waals surface area (Å²) in [6, 6.07) is 1.42. The summed E-state index contributed by atoms with van der Waals surface area (Å²) in [5, 5.41) is 19.6. The number of hydrogen-bond acceptors (Lipinski definition) is 5. The smallest absolute Gasteiger partial charge is 0.326 e. The molecule has 0 radical (unpaired) electrons. The van der Waals surface area contributed by atoms with Crippen LogP contribution in [0, 0.1) is 0 Å². The fourth-order valence-electron chi connectivity index (χ4n) is 1.42. The Labute approximate surface area is 115 Å². The van der Waals surface area contributed by atoms with Crippen molar-refractivity contribution in [3.8, 4) is 0 Å². The van der Waals surface area contributed by atoms with Crippen molar-refractivity contribution < 1.29 is 24.6 Å². The number of aliphatic carboxylic acids is 2. The van der Waals surface area contributed by atoms with Gasteiger partial charge in [-0.3, -0.25) is 9.59 Å². The molecule has 20 heavy (non-hydrogen) atoms. The first-order chi connectivity index (χ1) is 9.31. The Balaban J connectivity index is 2.86. The van der Waals surface area contributed by atoms with E-state index in [9.17, 15) is 14.4 Å². The Kier molecular flexibility index (Phi) is 5.01. The van der Waals surface area contributed by atoms with Crippen LogP contribution in [0.25, 0.3) is 0 Å². The van der Waals surface area contributed by atoms with Crippen molar-refractivity contribution in [1.29, 1.82) is 0 Å². The van der Waals surface area contributed by atoms with Crippen LogP contribution in [0.1, 0.15) is 16.8 Å². The Bertz CT molecular complexity index is 530. The number of carbonyl (C=O) groups excluding carboxylic acids is 1. The standard InChI is InChI=1S/C12H15N3O5/c1-15(2)9-5-7(3-4-13-9)11(18)14-8(12(19)20)6-10(16)17/h3-5,8H,6H2,1-2H3,(H,14,18)(H,16,17)(H,19,20)/t8-/m0/s1. The van der Waals surface area contributed by atoms with Crippen LogP contribution in [0.15, 0.2) is 18.3 Å². The zero-order valence-electron chi connectivity index (χ0n) is 11.0. The van der Waals surface area contributed by atoms with E-state index < -0.39 is 30.3 Å². The highest BCUT2D eigenvalue weighted by Gasteiger charge is 2.23. The van der Waals surface area contributed by atoms with Crippen LogP contribution < -0.4 is 10.2 Å². The van der Waals surface area contributed by atoms with Crippen molar-refractivity contribution in [3.63, 3.8) is 0 Å². The molecule has 0 saturated carbocycles. The van der Waals surface area contributed by atoms with Gasteiger partial charge in [0.15, 0.2) is 0 Å². The predicted molar refractivity (Wildman–Crippen MR) is 69.7 cm³/mol. The maximum atomic E-state index is 11.9.